The molecule has 5 rings (SSSR count). The second-order valence-electron chi connectivity index (χ2n) is 11.9. The molecule has 1 N–H and O–H groups in total. The van der Waals surface area contributed by atoms with Crippen molar-refractivity contribution in [3.05, 3.63) is 61.2 Å². The summed E-state index contributed by atoms with van der Waals surface area (Å²) >= 11 is 0. The lowest BCUT2D eigenvalue weighted by Crippen LogP contribution is -2.59. The van der Waals surface area contributed by atoms with Crippen molar-refractivity contribution in [2.45, 2.75) is 87.6 Å². The van der Waals surface area contributed by atoms with Crippen LogP contribution in [0.15, 0.2) is 55.6 Å². The minimum Gasteiger partial charge on any atom is -0.465 e. The molecule has 3 aliphatic heterocycles. The maximum absolute atomic E-state index is 14.8. The van der Waals surface area contributed by atoms with Crippen LogP contribution in [0.5, 0.6) is 0 Å². The van der Waals surface area contributed by atoms with Gasteiger partial charge in [-0.05, 0) is 44.6 Å². The first kappa shape index (κ1) is 28.6. The lowest BCUT2D eigenvalue weighted by atomic mass is 9.66. The second-order valence-corrected chi connectivity index (χ2v) is 11.9. The summed E-state index contributed by atoms with van der Waals surface area (Å²) in [5.74, 6) is -2.71. The second kappa shape index (κ2) is 11.5. The molecule has 4 fully saturated rings. The quantitative estimate of drug-likeness (QED) is 0.255. The zero-order valence-corrected chi connectivity index (χ0v) is 23.5. The van der Waals surface area contributed by atoms with Gasteiger partial charge in [0.15, 0.2) is 0 Å². The number of carbonyl (C=O) groups excluding carboxylic acids is 3. The van der Waals surface area contributed by atoms with Crippen molar-refractivity contribution in [1.82, 2.24) is 9.80 Å². The average Bonchev–Trinajstić information content (AvgIpc) is 3.54. The molecule has 0 aromatic heterocycles. The topological polar surface area (TPSA) is 96.4 Å². The molecule has 1 aromatic carbocycles. The summed E-state index contributed by atoms with van der Waals surface area (Å²) in [7, 11) is 0. The number of amides is 2. The summed E-state index contributed by atoms with van der Waals surface area (Å²) in [6.07, 6.45) is 9.96. The highest BCUT2D eigenvalue weighted by atomic mass is 16.6. The fourth-order valence-corrected chi connectivity index (χ4v) is 7.81. The lowest BCUT2D eigenvalue weighted by molar-refractivity contribution is -0.162. The van der Waals surface area contributed by atoms with Crippen molar-refractivity contribution in [2.75, 3.05) is 19.8 Å². The van der Waals surface area contributed by atoms with Gasteiger partial charge in [-0.25, -0.2) is 0 Å². The van der Waals surface area contributed by atoms with E-state index in [-0.39, 0.29) is 31.1 Å². The SMILES string of the molecule is C=CCCOC(=O)[C@H]1[C@H]2C(=O)N([C@H](CO)c3ccccc3)C(C(=O)N(CC=C)C3CCCCC3)C23CC[C@]1(C)O3. The molecule has 8 heteroatoms. The minimum atomic E-state index is -1.18. The molecule has 2 amide bonds. The highest BCUT2D eigenvalue weighted by Gasteiger charge is 2.79. The van der Waals surface area contributed by atoms with Crippen LogP contribution >= 0.6 is 0 Å². The van der Waals surface area contributed by atoms with Crippen molar-refractivity contribution in [2.24, 2.45) is 11.8 Å². The standard InChI is InChI=1S/C32H42N2O6/c1-4-6-20-39-30(38)26-25-28(36)34(24(21-35)22-13-9-7-10-14-22)27(32(25)18-17-31(26,3)40-32)29(37)33(19-5-2)23-15-11-8-12-16-23/h4-5,7,9-10,13-14,23-27,35H,1-2,6,8,11-12,15-21H2,3H3/t24-,25+,26-,27?,31+,32?/m1/s1. The molecule has 1 aliphatic carbocycles. The molecule has 8 nitrogen and oxygen atoms in total. The number of likely N-dealkylation sites (tertiary alicyclic amines) is 1. The van der Waals surface area contributed by atoms with Crippen LogP contribution in [0.4, 0.5) is 0 Å². The molecule has 40 heavy (non-hydrogen) atoms. The Morgan fingerprint density at radius 1 is 1.18 bits per heavy atom. The molecule has 2 unspecified atom stereocenters. The highest BCUT2D eigenvalue weighted by molar-refractivity contribution is 5.99. The van der Waals surface area contributed by atoms with E-state index < -0.39 is 41.1 Å². The number of hydrogen-bond donors (Lipinski definition) is 1. The molecule has 1 aromatic rings. The maximum Gasteiger partial charge on any atom is 0.312 e. The molecular weight excluding hydrogens is 508 g/mol. The summed E-state index contributed by atoms with van der Waals surface area (Å²) in [5.41, 5.74) is -1.36. The number of aliphatic hydroxyl groups is 1. The number of ether oxygens (including phenoxy) is 2. The predicted molar refractivity (Wildman–Crippen MR) is 150 cm³/mol. The monoisotopic (exact) mass is 550 g/mol. The average molecular weight is 551 g/mol. The van der Waals surface area contributed by atoms with E-state index in [0.717, 1.165) is 37.7 Å². The van der Waals surface area contributed by atoms with Gasteiger partial charge in [-0.15, -0.1) is 13.2 Å². The van der Waals surface area contributed by atoms with Gasteiger partial charge >= 0.3 is 5.97 Å². The number of carbonyl (C=O) groups is 3. The van der Waals surface area contributed by atoms with Crippen LogP contribution in [0.25, 0.3) is 0 Å². The van der Waals surface area contributed by atoms with Gasteiger partial charge in [0.25, 0.3) is 0 Å². The van der Waals surface area contributed by atoms with E-state index in [1.54, 1.807) is 12.2 Å². The Hall–Kier alpha value is -2.97. The van der Waals surface area contributed by atoms with E-state index in [1.807, 2.05) is 42.2 Å². The molecule has 3 heterocycles. The van der Waals surface area contributed by atoms with Gasteiger partial charge in [0.1, 0.15) is 17.6 Å². The molecule has 1 saturated carbocycles. The predicted octanol–water partition coefficient (Wildman–Crippen LogP) is 3.95. The Morgan fingerprint density at radius 3 is 2.55 bits per heavy atom. The summed E-state index contributed by atoms with van der Waals surface area (Å²) in [6, 6.07) is 7.59. The van der Waals surface area contributed by atoms with Crippen LogP contribution < -0.4 is 0 Å². The first-order valence-corrected chi connectivity index (χ1v) is 14.7. The van der Waals surface area contributed by atoms with Gasteiger partial charge < -0.3 is 24.4 Å². The smallest absolute Gasteiger partial charge is 0.312 e. The van der Waals surface area contributed by atoms with Crippen LogP contribution in [0.3, 0.4) is 0 Å². The summed E-state index contributed by atoms with van der Waals surface area (Å²) in [6.45, 7) is 9.64. The van der Waals surface area contributed by atoms with Gasteiger partial charge in [-0.2, -0.15) is 0 Å². The zero-order valence-electron chi connectivity index (χ0n) is 23.5. The number of benzene rings is 1. The first-order chi connectivity index (χ1) is 19.3. The fourth-order valence-electron chi connectivity index (χ4n) is 7.81. The Kier molecular flexibility index (Phi) is 8.20. The molecule has 4 aliphatic rings. The van der Waals surface area contributed by atoms with Crippen LogP contribution in [-0.2, 0) is 23.9 Å². The minimum absolute atomic E-state index is 0.0461. The Morgan fingerprint density at radius 2 is 1.90 bits per heavy atom. The van der Waals surface area contributed by atoms with E-state index in [9.17, 15) is 19.5 Å². The lowest BCUT2D eigenvalue weighted by Gasteiger charge is -2.42. The largest absolute Gasteiger partial charge is 0.465 e. The van der Waals surface area contributed by atoms with Gasteiger partial charge in [0, 0.05) is 12.6 Å². The molecule has 216 valence electrons. The molecule has 2 bridgehead atoms. The van der Waals surface area contributed by atoms with Crippen molar-refractivity contribution in [3.8, 4) is 0 Å². The number of fused-ring (bicyclic) bond motifs is 1. The number of esters is 1. The Balaban J connectivity index is 1.60. The highest BCUT2D eigenvalue weighted by Crippen LogP contribution is 2.64. The fraction of sp³-hybridized carbons (Fsp3) is 0.594. The molecule has 0 radical (unpaired) electrons. The van der Waals surface area contributed by atoms with E-state index in [1.165, 1.54) is 4.90 Å². The van der Waals surface area contributed by atoms with Crippen molar-refractivity contribution in [3.63, 3.8) is 0 Å². The van der Waals surface area contributed by atoms with Gasteiger partial charge in [-0.3, -0.25) is 14.4 Å². The molecular formula is C32H42N2O6. The van der Waals surface area contributed by atoms with Gasteiger partial charge in [0.2, 0.25) is 11.8 Å². The number of nitrogens with zero attached hydrogens (tertiary/aromatic N) is 2. The number of rotatable bonds is 11. The normalized spacial score (nSPS) is 32.0. The molecule has 1 spiro atoms. The zero-order chi connectivity index (χ0) is 28.5. The summed E-state index contributed by atoms with van der Waals surface area (Å²) in [5, 5.41) is 10.7. The first-order valence-electron chi connectivity index (χ1n) is 14.7. The van der Waals surface area contributed by atoms with Crippen LogP contribution in [0, 0.1) is 11.8 Å². The summed E-state index contributed by atoms with van der Waals surface area (Å²) < 4.78 is 12.4. The number of aliphatic hydroxyl groups excluding tert-OH is 1. The Labute approximate surface area is 237 Å². The van der Waals surface area contributed by atoms with Crippen LogP contribution in [0.1, 0.15) is 69.9 Å². The van der Waals surface area contributed by atoms with Crippen molar-refractivity contribution in [1.29, 1.82) is 0 Å². The third kappa shape index (κ3) is 4.59. The van der Waals surface area contributed by atoms with Crippen LogP contribution in [0.2, 0.25) is 0 Å². The van der Waals surface area contributed by atoms with Crippen molar-refractivity contribution >= 4 is 17.8 Å². The van der Waals surface area contributed by atoms with E-state index in [4.69, 9.17) is 9.47 Å². The number of hydrogen-bond acceptors (Lipinski definition) is 6. The van der Waals surface area contributed by atoms with Crippen LogP contribution in [-0.4, -0.2) is 75.7 Å². The maximum atomic E-state index is 14.8. The molecule has 3 saturated heterocycles. The van der Waals surface area contributed by atoms with Crippen molar-refractivity contribution < 1.29 is 29.0 Å². The van der Waals surface area contributed by atoms with Gasteiger partial charge in [0.05, 0.1) is 30.8 Å². The third-order valence-electron chi connectivity index (χ3n) is 9.59. The van der Waals surface area contributed by atoms with E-state index in [2.05, 4.69) is 13.2 Å². The van der Waals surface area contributed by atoms with E-state index in [0.29, 0.717) is 25.8 Å². The summed E-state index contributed by atoms with van der Waals surface area (Å²) in [4.78, 5) is 46.2. The Bertz CT molecular complexity index is 1130. The third-order valence-corrected chi connectivity index (χ3v) is 9.59. The van der Waals surface area contributed by atoms with E-state index >= 15 is 0 Å². The molecule has 6 atom stereocenters. The van der Waals surface area contributed by atoms with Gasteiger partial charge in [-0.1, -0.05) is 61.7 Å².